The number of hydrogen-bond acceptors (Lipinski definition) is 3. The number of benzene rings is 3. The van der Waals surface area contributed by atoms with Crippen molar-refractivity contribution in [1.29, 1.82) is 0 Å². The number of aliphatic hydroxyl groups is 1. The van der Waals surface area contributed by atoms with Gasteiger partial charge in [0, 0.05) is 18.7 Å². The zero-order valence-corrected chi connectivity index (χ0v) is 19.0. The third-order valence-corrected chi connectivity index (χ3v) is 5.62. The van der Waals surface area contributed by atoms with Crippen LogP contribution < -0.4 is 10.1 Å². The maximum atomic E-state index is 14.0. The number of rotatable bonds is 8. The maximum Gasteiger partial charge on any atom is 0.416 e. The zero-order valence-electron chi connectivity index (χ0n) is 19.0. The van der Waals surface area contributed by atoms with Gasteiger partial charge in [-0.3, -0.25) is 0 Å². The lowest BCUT2D eigenvalue weighted by Gasteiger charge is -2.21. The van der Waals surface area contributed by atoms with Crippen LogP contribution in [0.2, 0.25) is 0 Å². The molecule has 3 aromatic rings. The van der Waals surface area contributed by atoms with Gasteiger partial charge in [-0.1, -0.05) is 59.5 Å². The van der Waals surface area contributed by atoms with Crippen molar-refractivity contribution in [1.82, 2.24) is 5.32 Å². The average Bonchev–Trinajstić information content (AvgIpc) is 2.83. The quantitative estimate of drug-likeness (QED) is 0.284. The number of ether oxygens (including phenoxy) is 1. The Kier molecular flexibility index (Phi) is 8.28. The molecule has 0 aliphatic rings. The molecule has 34 heavy (non-hydrogen) atoms. The van der Waals surface area contributed by atoms with Crippen LogP contribution in [-0.4, -0.2) is 41.1 Å². The van der Waals surface area contributed by atoms with Gasteiger partial charge in [0.25, 0.3) is 0 Å². The van der Waals surface area contributed by atoms with Crippen LogP contribution in [0.3, 0.4) is 0 Å². The minimum absolute atomic E-state index is 0.0500. The molecule has 3 nitrogen and oxygen atoms in total. The van der Waals surface area contributed by atoms with Crippen molar-refractivity contribution >= 4 is 26.6 Å². The highest BCUT2D eigenvalue weighted by molar-refractivity contribution is 6.60. The number of hydrogen-bond donors (Lipinski definition) is 2. The number of halogens is 3. The summed E-state index contributed by atoms with van der Waals surface area (Å²) in [6, 6.07) is 17.4. The summed E-state index contributed by atoms with van der Waals surface area (Å²) < 4.78 is 47.4. The fourth-order valence-corrected chi connectivity index (χ4v) is 3.86. The average molecular weight is 461 g/mol. The summed E-state index contributed by atoms with van der Waals surface area (Å²) in [6.07, 6.45) is -4.67. The van der Waals surface area contributed by atoms with E-state index in [1.165, 1.54) is 13.2 Å². The molecule has 172 valence electrons. The molecule has 0 aliphatic carbocycles. The van der Waals surface area contributed by atoms with E-state index in [1.54, 1.807) is 12.1 Å². The van der Waals surface area contributed by atoms with E-state index >= 15 is 0 Å². The molecule has 0 heterocycles. The van der Waals surface area contributed by atoms with Crippen LogP contribution in [0.25, 0.3) is 22.1 Å². The van der Waals surface area contributed by atoms with Gasteiger partial charge in [0.15, 0.2) is 0 Å². The van der Waals surface area contributed by atoms with Crippen LogP contribution in [0, 0.1) is 6.92 Å². The molecule has 0 spiro atoms. The number of methoxy groups -OCH3 is 1. The smallest absolute Gasteiger partial charge is 0.416 e. The minimum atomic E-state index is -4.67. The third kappa shape index (κ3) is 5.57. The van der Waals surface area contributed by atoms with Crippen LogP contribution in [0.4, 0.5) is 13.2 Å². The Morgan fingerprint density at radius 1 is 0.971 bits per heavy atom. The molecule has 0 unspecified atom stereocenters. The van der Waals surface area contributed by atoms with E-state index in [0.717, 1.165) is 22.8 Å². The van der Waals surface area contributed by atoms with Crippen molar-refractivity contribution < 1.29 is 23.0 Å². The SMILES string of the molecule is [B]/C(=C(/[B])c1cccc(-c2ccccc2)c1C)c1cc(OC)c(CNCCO)cc1C(F)(F)F. The standard InChI is InChI=1S/C26H24B2F3NO2/c1-16-19(17-7-4-3-5-8-17)9-6-10-20(16)24(27)25(28)21-14-23(34-2)18(15-32-11-12-33)13-22(21)26(29,30)31/h3-10,13-14,32-33H,11-12,15H2,1-2H3/b25-24+. The summed E-state index contributed by atoms with van der Waals surface area (Å²) in [4.78, 5) is 0. The fraction of sp³-hybridized carbons (Fsp3) is 0.231. The van der Waals surface area contributed by atoms with E-state index in [0.29, 0.717) is 11.1 Å². The highest BCUT2D eigenvalue weighted by Gasteiger charge is 2.35. The van der Waals surface area contributed by atoms with Crippen molar-refractivity contribution in [2.45, 2.75) is 19.6 Å². The Morgan fingerprint density at radius 3 is 2.26 bits per heavy atom. The predicted octanol–water partition coefficient (Wildman–Crippen LogP) is 4.93. The van der Waals surface area contributed by atoms with Gasteiger partial charge in [0.05, 0.1) is 19.3 Å². The molecule has 4 radical (unpaired) electrons. The van der Waals surface area contributed by atoms with E-state index in [1.807, 2.05) is 43.3 Å². The number of alkyl halides is 3. The van der Waals surface area contributed by atoms with Crippen LogP contribution in [0.15, 0.2) is 60.7 Å². The van der Waals surface area contributed by atoms with E-state index in [9.17, 15) is 13.2 Å². The first kappa shape index (κ1) is 25.7. The molecule has 8 heteroatoms. The van der Waals surface area contributed by atoms with Gasteiger partial charge >= 0.3 is 6.18 Å². The molecule has 0 amide bonds. The molecule has 3 aromatic carbocycles. The normalized spacial score (nSPS) is 12.4. The summed E-state index contributed by atoms with van der Waals surface area (Å²) in [5, 5.41) is 11.8. The van der Waals surface area contributed by atoms with E-state index in [4.69, 9.17) is 25.5 Å². The topological polar surface area (TPSA) is 41.5 Å². The number of aliphatic hydroxyl groups excluding tert-OH is 1. The molecular formula is C26H24B2F3NO2. The van der Waals surface area contributed by atoms with Gasteiger partial charge in [0.2, 0.25) is 0 Å². The highest BCUT2D eigenvalue weighted by atomic mass is 19.4. The monoisotopic (exact) mass is 461 g/mol. The van der Waals surface area contributed by atoms with Crippen LogP contribution in [0.1, 0.15) is 27.8 Å². The highest BCUT2D eigenvalue weighted by Crippen LogP contribution is 2.40. The summed E-state index contributed by atoms with van der Waals surface area (Å²) in [5.41, 5.74) is 2.23. The molecule has 2 N–H and O–H groups in total. The molecule has 0 saturated heterocycles. The predicted molar refractivity (Wildman–Crippen MR) is 132 cm³/mol. The van der Waals surface area contributed by atoms with Gasteiger partial charge in [-0.15, -0.1) is 0 Å². The van der Waals surface area contributed by atoms with E-state index < -0.39 is 11.7 Å². The molecule has 0 bridgehead atoms. The first-order chi connectivity index (χ1) is 16.2. The van der Waals surface area contributed by atoms with Gasteiger partial charge in [-0.2, -0.15) is 13.2 Å². The molecule has 0 aromatic heterocycles. The fourth-order valence-electron chi connectivity index (χ4n) is 3.86. The van der Waals surface area contributed by atoms with Crippen molar-refractivity contribution in [3.05, 3.63) is 88.5 Å². The first-order valence-electron chi connectivity index (χ1n) is 10.7. The largest absolute Gasteiger partial charge is 0.496 e. The first-order valence-corrected chi connectivity index (χ1v) is 10.7. The second-order valence-electron chi connectivity index (χ2n) is 7.78. The summed E-state index contributed by atoms with van der Waals surface area (Å²) in [7, 11) is 14.0. The second kappa shape index (κ2) is 11.0. The molecule has 0 saturated carbocycles. The number of nitrogens with one attached hydrogen (secondary N) is 1. The summed E-state index contributed by atoms with van der Waals surface area (Å²) in [5.74, 6) is 0.235. The third-order valence-electron chi connectivity index (χ3n) is 5.62. The van der Waals surface area contributed by atoms with Crippen LogP contribution >= 0.6 is 0 Å². The lowest BCUT2D eigenvalue weighted by Crippen LogP contribution is -2.19. The molecular weight excluding hydrogens is 437 g/mol. The van der Waals surface area contributed by atoms with Gasteiger partial charge < -0.3 is 15.2 Å². The van der Waals surface area contributed by atoms with Gasteiger partial charge in [0.1, 0.15) is 21.4 Å². The van der Waals surface area contributed by atoms with E-state index in [-0.39, 0.29) is 42.0 Å². The van der Waals surface area contributed by atoms with Crippen LogP contribution in [0.5, 0.6) is 5.75 Å². The second-order valence-corrected chi connectivity index (χ2v) is 7.78. The molecule has 0 fully saturated rings. The molecule has 0 aliphatic heterocycles. The van der Waals surface area contributed by atoms with Gasteiger partial charge in [-0.25, -0.2) is 0 Å². The Hall–Kier alpha value is -2.96. The van der Waals surface area contributed by atoms with Crippen molar-refractivity contribution in [3.8, 4) is 16.9 Å². The molecule has 0 atom stereocenters. The lowest BCUT2D eigenvalue weighted by molar-refractivity contribution is -0.137. The maximum absolute atomic E-state index is 14.0. The Bertz CT molecular complexity index is 1180. The summed E-state index contributed by atoms with van der Waals surface area (Å²) >= 11 is 0. The molecule has 3 rings (SSSR count). The van der Waals surface area contributed by atoms with Crippen LogP contribution in [-0.2, 0) is 12.7 Å². The summed E-state index contributed by atoms with van der Waals surface area (Å²) in [6.45, 7) is 2.04. The Morgan fingerprint density at radius 2 is 1.65 bits per heavy atom. The zero-order chi connectivity index (χ0) is 24.9. The van der Waals surface area contributed by atoms with Crippen molar-refractivity contribution in [2.75, 3.05) is 20.3 Å². The van der Waals surface area contributed by atoms with E-state index in [2.05, 4.69) is 5.32 Å². The van der Waals surface area contributed by atoms with Crippen molar-refractivity contribution in [3.63, 3.8) is 0 Å². The Labute approximate surface area is 200 Å². The minimum Gasteiger partial charge on any atom is -0.496 e. The lowest BCUT2D eigenvalue weighted by atomic mass is 9.71. The van der Waals surface area contributed by atoms with Gasteiger partial charge in [-0.05, 0) is 46.9 Å². The van der Waals surface area contributed by atoms with Crippen molar-refractivity contribution in [2.24, 2.45) is 0 Å². The Balaban J connectivity index is 2.16.